The fourth-order valence-corrected chi connectivity index (χ4v) is 2.81. The van der Waals surface area contributed by atoms with Gasteiger partial charge in [0.2, 0.25) is 0 Å². The molecule has 2 heterocycles. The fourth-order valence-electron chi connectivity index (χ4n) is 1.60. The first-order valence-electron chi connectivity index (χ1n) is 5.43. The molecule has 19 heavy (non-hydrogen) atoms. The zero-order chi connectivity index (χ0) is 14.0. The summed E-state index contributed by atoms with van der Waals surface area (Å²) < 4.78 is 7.39. The van der Waals surface area contributed by atoms with E-state index in [1.807, 2.05) is 14.0 Å². The van der Waals surface area contributed by atoms with E-state index in [1.54, 1.807) is 23.2 Å². The van der Waals surface area contributed by atoms with Gasteiger partial charge in [0, 0.05) is 7.05 Å². The van der Waals surface area contributed by atoms with Crippen LogP contribution in [-0.2, 0) is 16.6 Å². The Labute approximate surface area is 123 Å². The van der Waals surface area contributed by atoms with E-state index in [0.29, 0.717) is 10.6 Å². The van der Waals surface area contributed by atoms with E-state index in [-0.39, 0.29) is 0 Å². The highest BCUT2D eigenvalue weighted by molar-refractivity contribution is 9.11. The third kappa shape index (κ3) is 2.93. The second kappa shape index (κ2) is 5.66. The van der Waals surface area contributed by atoms with Gasteiger partial charge in [-0.05, 0) is 34.5 Å². The van der Waals surface area contributed by atoms with E-state index in [2.05, 4.69) is 26.0 Å². The van der Waals surface area contributed by atoms with E-state index >= 15 is 0 Å². The number of nitrogens with zero attached hydrogens (tertiary/aromatic N) is 3. The van der Waals surface area contributed by atoms with Gasteiger partial charge in [0.15, 0.2) is 0 Å². The zero-order valence-electron chi connectivity index (χ0n) is 10.7. The van der Waals surface area contributed by atoms with Crippen molar-refractivity contribution in [2.24, 2.45) is 7.05 Å². The van der Waals surface area contributed by atoms with Gasteiger partial charge in [0.1, 0.15) is 5.01 Å². The zero-order valence-corrected chi connectivity index (χ0v) is 13.1. The summed E-state index contributed by atoms with van der Waals surface area (Å²) in [5.41, 5.74) is 2.26. The molecule has 2 aromatic rings. The number of hydrogen-bond donors (Lipinski definition) is 0. The number of aryl methyl sites for hydroxylation is 2. The number of thiazole rings is 1. The highest BCUT2D eigenvalue weighted by Crippen LogP contribution is 2.28. The Bertz CT molecular complexity index is 626. The van der Waals surface area contributed by atoms with Crippen LogP contribution in [0.5, 0.6) is 0 Å². The molecule has 0 N–H and O–H groups in total. The number of methoxy groups -OCH3 is 1. The van der Waals surface area contributed by atoms with E-state index < -0.39 is 5.97 Å². The van der Waals surface area contributed by atoms with Crippen molar-refractivity contribution in [2.75, 3.05) is 7.11 Å². The minimum atomic E-state index is -0.414. The lowest BCUT2D eigenvalue weighted by Crippen LogP contribution is -2.05. The summed E-state index contributed by atoms with van der Waals surface area (Å²) in [6.07, 6.45) is 5.16. The Morgan fingerprint density at radius 1 is 1.53 bits per heavy atom. The molecular weight excluding hydrogens is 330 g/mol. The maximum absolute atomic E-state index is 11.9. The van der Waals surface area contributed by atoms with Gasteiger partial charge in [-0.25, -0.2) is 9.78 Å². The summed E-state index contributed by atoms with van der Waals surface area (Å²) in [5, 5.41) is 4.76. The number of ether oxygens (including phenoxy) is 1. The molecule has 0 aliphatic rings. The van der Waals surface area contributed by atoms with Crippen LogP contribution in [0.2, 0.25) is 0 Å². The standard InChI is InChI=1S/C12H12BrN3O2S/c1-7-5-15-16(2)9(7)4-8(12(17)18-3)11-14-6-10(13)19-11/h4-6H,1-3H3. The predicted molar refractivity (Wildman–Crippen MR) is 77.6 cm³/mol. The average molecular weight is 342 g/mol. The summed E-state index contributed by atoms with van der Waals surface area (Å²) in [5.74, 6) is -0.414. The van der Waals surface area contributed by atoms with Crippen molar-refractivity contribution in [1.29, 1.82) is 0 Å². The molecule has 0 aliphatic carbocycles. The molecule has 5 nitrogen and oxygen atoms in total. The molecule has 0 fully saturated rings. The first-order chi connectivity index (χ1) is 9.02. The van der Waals surface area contributed by atoms with Gasteiger partial charge in [0.05, 0.1) is 34.6 Å². The Morgan fingerprint density at radius 3 is 2.74 bits per heavy atom. The van der Waals surface area contributed by atoms with Crippen LogP contribution < -0.4 is 0 Å². The Hall–Kier alpha value is -1.47. The molecule has 0 saturated carbocycles. The number of carbonyl (C=O) groups excluding carboxylic acids is 1. The molecule has 7 heteroatoms. The molecule has 0 radical (unpaired) electrons. The molecule has 0 saturated heterocycles. The number of aromatic nitrogens is 3. The van der Waals surface area contributed by atoms with Crippen LogP contribution in [0.1, 0.15) is 16.3 Å². The molecule has 100 valence electrons. The van der Waals surface area contributed by atoms with Crippen LogP contribution in [0.25, 0.3) is 11.6 Å². The van der Waals surface area contributed by atoms with Crippen LogP contribution in [0, 0.1) is 6.92 Å². The Kier molecular flexibility index (Phi) is 4.16. The molecule has 0 amide bonds. The summed E-state index contributed by atoms with van der Waals surface area (Å²) in [7, 11) is 3.18. The highest BCUT2D eigenvalue weighted by atomic mass is 79.9. The van der Waals surface area contributed by atoms with E-state index in [4.69, 9.17) is 4.74 Å². The molecule has 2 aromatic heterocycles. The third-order valence-corrected chi connectivity index (χ3v) is 4.08. The van der Waals surface area contributed by atoms with Gasteiger partial charge in [-0.1, -0.05) is 0 Å². The molecule has 0 aliphatic heterocycles. The molecule has 0 bridgehead atoms. The molecule has 0 spiro atoms. The molecule has 2 rings (SSSR count). The van der Waals surface area contributed by atoms with Gasteiger partial charge in [-0.3, -0.25) is 4.68 Å². The van der Waals surface area contributed by atoms with Crippen molar-refractivity contribution >= 4 is 44.9 Å². The number of halogens is 1. The maximum atomic E-state index is 11.9. The summed E-state index contributed by atoms with van der Waals surface area (Å²) in [4.78, 5) is 16.1. The second-order valence-electron chi connectivity index (χ2n) is 3.86. The van der Waals surface area contributed by atoms with E-state index in [1.165, 1.54) is 18.4 Å². The SMILES string of the molecule is COC(=O)C(=Cc1c(C)cnn1C)c1ncc(Br)s1. The number of hydrogen-bond acceptors (Lipinski definition) is 5. The molecular formula is C12H12BrN3O2S. The summed E-state index contributed by atoms with van der Waals surface area (Å²) >= 11 is 4.72. The van der Waals surface area contributed by atoms with Gasteiger partial charge < -0.3 is 4.74 Å². The van der Waals surface area contributed by atoms with Gasteiger partial charge in [-0.15, -0.1) is 11.3 Å². The Morgan fingerprint density at radius 2 is 2.26 bits per heavy atom. The van der Waals surface area contributed by atoms with Gasteiger partial charge in [-0.2, -0.15) is 5.10 Å². The van der Waals surface area contributed by atoms with Crippen LogP contribution in [0.4, 0.5) is 0 Å². The van der Waals surface area contributed by atoms with Crippen LogP contribution in [0.15, 0.2) is 16.2 Å². The predicted octanol–water partition coefficient (Wildman–Crippen LogP) is 2.66. The monoisotopic (exact) mass is 341 g/mol. The maximum Gasteiger partial charge on any atom is 0.341 e. The summed E-state index contributed by atoms with van der Waals surface area (Å²) in [6.45, 7) is 1.94. The quantitative estimate of drug-likeness (QED) is 0.636. The molecule has 0 aromatic carbocycles. The Balaban J connectivity index is 2.53. The van der Waals surface area contributed by atoms with Crippen molar-refractivity contribution < 1.29 is 9.53 Å². The van der Waals surface area contributed by atoms with Crippen molar-refractivity contribution in [2.45, 2.75) is 6.92 Å². The van der Waals surface area contributed by atoms with Crippen molar-refractivity contribution in [3.8, 4) is 0 Å². The number of rotatable bonds is 3. The molecule has 0 atom stereocenters. The lowest BCUT2D eigenvalue weighted by atomic mass is 10.2. The van der Waals surface area contributed by atoms with E-state index in [9.17, 15) is 4.79 Å². The topological polar surface area (TPSA) is 57.0 Å². The summed E-state index contributed by atoms with van der Waals surface area (Å²) in [6, 6.07) is 0. The lowest BCUT2D eigenvalue weighted by molar-refractivity contribution is -0.133. The number of carbonyl (C=O) groups is 1. The third-order valence-electron chi connectivity index (χ3n) is 2.57. The van der Waals surface area contributed by atoms with Crippen LogP contribution >= 0.6 is 27.3 Å². The average Bonchev–Trinajstić information content (AvgIpc) is 2.94. The fraction of sp³-hybridized carbons (Fsp3) is 0.250. The lowest BCUT2D eigenvalue weighted by Gasteiger charge is -2.03. The highest BCUT2D eigenvalue weighted by Gasteiger charge is 2.17. The first kappa shape index (κ1) is 14.0. The van der Waals surface area contributed by atoms with Crippen LogP contribution in [0.3, 0.4) is 0 Å². The largest absolute Gasteiger partial charge is 0.465 e. The number of esters is 1. The van der Waals surface area contributed by atoms with Gasteiger partial charge >= 0.3 is 5.97 Å². The smallest absolute Gasteiger partial charge is 0.341 e. The minimum absolute atomic E-state index is 0.414. The van der Waals surface area contributed by atoms with Crippen molar-refractivity contribution in [1.82, 2.24) is 14.8 Å². The van der Waals surface area contributed by atoms with Crippen molar-refractivity contribution in [3.05, 3.63) is 32.4 Å². The second-order valence-corrected chi connectivity index (χ2v) is 6.27. The first-order valence-corrected chi connectivity index (χ1v) is 7.04. The van der Waals surface area contributed by atoms with Crippen molar-refractivity contribution in [3.63, 3.8) is 0 Å². The van der Waals surface area contributed by atoms with Gasteiger partial charge in [0.25, 0.3) is 0 Å². The van der Waals surface area contributed by atoms with E-state index in [0.717, 1.165) is 15.0 Å². The molecule has 0 unspecified atom stereocenters. The normalized spacial score (nSPS) is 11.7. The minimum Gasteiger partial charge on any atom is -0.465 e. The van der Waals surface area contributed by atoms with Crippen LogP contribution in [-0.4, -0.2) is 27.8 Å².